The fourth-order valence-corrected chi connectivity index (χ4v) is 2.77. The molecule has 0 aromatic heterocycles. The normalized spacial score (nSPS) is 16.5. The van der Waals surface area contributed by atoms with Crippen LogP contribution in [0.5, 0.6) is 0 Å². The number of aliphatic hydroxyl groups excluding tert-OH is 1. The molecule has 1 aromatic rings. The molecule has 0 amide bonds. The summed E-state index contributed by atoms with van der Waals surface area (Å²) in [6.45, 7) is 0.844. The molecule has 1 saturated carbocycles. The number of hydrogen-bond acceptors (Lipinski definition) is 3. The molecular weight excluding hydrogens is 226 g/mol. The highest BCUT2D eigenvalue weighted by Gasteiger charge is 2.20. The van der Waals surface area contributed by atoms with E-state index >= 15 is 0 Å². The molecule has 1 N–H and O–H groups in total. The van der Waals surface area contributed by atoms with Crippen molar-refractivity contribution in [2.45, 2.75) is 38.1 Å². The molecular formula is C15H21NO2. The van der Waals surface area contributed by atoms with Crippen LogP contribution in [0.25, 0.3) is 0 Å². The Kier molecular flexibility index (Phi) is 4.76. The fourth-order valence-electron chi connectivity index (χ4n) is 2.77. The van der Waals surface area contributed by atoms with E-state index in [1.807, 2.05) is 24.3 Å². The zero-order valence-electron chi connectivity index (χ0n) is 10.7. The summed E-state index contributed by atoms with van der Waals surface area (Å²) < 4.78 is 0. The van der Waals surface area contributed by atoms with Gasteiger partial charge in [0.1, 0.15) is 6.29 Å². The van der Waals surface area contributed by atoms with E-state index in [1.54, 1.807) is 0 Å². The molecule has 0 atom stereocenters. The Balaban J connectivity index is 2.13. The highest BCUT2D eigenvalue weighted by atomic mass is 16.3. The number of benzene rings is 1. The molecule has 0 aliphatic heterocycles. The van der Waals surface area contributed by atoms with Crippen molar-refractivity contribution in [2.24, 2.45) is 0 Å². The van der Waals surface area contributed by atoms with Gasteiger partial charge in [-0.3, -0.25) is 4.79 Å². The molecule has 0 radical (unpaired) electrons. The van der Waals surface area contributed by atoms with E-state index in [0.717, 1.165) is 12.0 Å². The lowest BCUT2D eigenvalue weighted by Crippen LogP contribution is -2.38. The van der Waals surface area contributed by atoms with Crippen LogP contribution < -0.4 is 4.90 Å². The van der Waals surface area contributed by atoms with E-state index in [2.05, 4.69) is 4.90 Å². The lowest BCUT2D eigenvalue weighted by molar-refractivity contribution is 0.112. The lowest BCUT2D eigenvalue weighted by atomic mass is 9.93. The molecule has 0 spiro atoms. The predicted molar refractivity (Wildman–Crippen MR) is 73.1 cm³/mol. The van der Waals surface area contributed by atoms with Gasteiger partial charge in [-0.15, -0.1) is 0 Å². The Bertz CT molecular complexity index is 369. The third kappa shape index (κ3) is 3.10. The summed E-state index contributed by atoms with van der Waals surface area (Å²) in [6.07, 6.45) is 7.15. The minimum absolute atomic E-state index is 0.173. The summed E-state index contributed by atoms with van der Waals surface area (Å²) in [5.74, 6) is 0. The second-order valence-corrected chi connectivity index (χ2v) is 4.92. The molecule has 3 heteroatoms. The molecule has 1 aromatic carbocycles. The Morgan fingerprint density at radius 3 is 2.39 bits per heavy atom. The predicted octanol–water partition coefficient (Wildman–Crippen LogP) is 2.63. The van der Waals surface area contributed by atoms with Crippen LogP contribution in [0.3, 0.4) is 0 Å². The second-order valence-electron chi connectivity index (χ2n) is 4.92. The molecule has 1 aliphatic carbocycles. The third-order valence-electron chi connectivity index (χ3n) is 3.72. The number of aldehydes is 1. The van der Waals surface area contributed by atoms with Gasteiger partial charge in [-0.25, -0.2) is 0 Å². The summed E-state index contributed by atoms with van der Waals surface area (Å²) in [5.41, 5.74) is 1.81. The molecule has 3 nitrogen and oxygen atoms in total. The topological polar surface area (TPSA) is 40.5 Å². The molecule has 98 valence electrons. The highest BCUT2D eigenvalue weighted by Crippen LogP contribution is 2.27. The Hall–Kier alpha value is -1.35. The van der Waals surface area contributed by atoms with Gasteiger partial charge < -0.3 is 10.0 Å². The number of anilines is 1. The van der Waals surface area contributed by atoms with Gasteiger partial charge in [-0.1, -0.05) is 19.3 Å². The van der Waals surface area contributed by atoms with E-state index in [4.69, 9.17) is 0 Å². The minimum Gasteiger partial charge on any atom is -0.395 e. The van der Waals surface area contributed by atoms with E-state index < -0.39 is 0 Å². The van der Waals surface area contributed by atoms with Gasteiger partial charge in [0.05, 0.1) is 6.61 Å². The Labute approximate surface area is 108 Å². The van der Waals surface area contributed by atoms with Gasteiger partial charge in [0.2, 0.25) is 0 Å². The van der Waals surface area contributed by atoms with E-state index in [0.29, 0.717) is 18.2 Å². The number of carbonyl (C=O) groups is 1. The van der Waals surface area contributed by atoms with Gasteiger partial charge in [-0.05, 0) is 37.1 Å². The number of hydrogen-bond donors (Lipinski definition) is 1. The van der Waals surface area contributed by atoms with Crippen LogP contribution in [-0.2, 0) is 0 Å². The van der Waals surface area contributed by atoms with Gasteiger partial charge in [0.25, 0.3) is 0 Å². The molecule has 2 rings (SSSR count). The maximum absolute atomic E-state index is 10.7. The van der Waals surface area contributed by atoms with Gasteiger partial charge in [0, 0.05) is 23.8 Å². The van der Waals surface area contributed by atoms with Gasteiger partial charge in [0.15, 0.2) is 0 Å². The zero-order chi connectivity index (χ0) is 12.8. The summed E-state index contributed by atoms with van der Waals surface area (Å²) >= 11 is 0. The maximum atomic E-state index is 10.7. The highest BCUT2D eigenvalue weighted by molar-refractivity contribution is 5.75. The average molecular weight is 247 g/mol. The quantitative estimate of drug-likeness (QED) is 0.813. The molecule has 1 aliphatic rings. The van der Waals surface area contributed by atoms with Crippen LogP contribution >= 0.6 is 0 Å². The average Bonchev–Trinajstić information content (AvgIpc) is 2.46. The first-order valence-corrected chi connectivity index (χ1v) is 6.78. The summed E-state index contributed by atoms with van der Waals surface area (Å²) in [7, 11) is 0. The van der Waals surface area contributed by atoms with Crippen molar-refractivity contribution in [1.29, 1.82) is 0 Å². The molecule has 1 fully saturated rings. The van der Waals surface area contributed by atoms with Crippen LogP contribution in [0.4, 0.5) is 5.69 Å². The molecule has 0 bridgehead atoms. The van der Waals surface area contributed by atoms with Crippen molar-refractivity contribution in [3.05, 3.63) is 29.8 Å². The number of nitrogens with zero attached hydrogens (tertiary/aromatic N) is 1. The molecule has 18 heavy (non-hydrogen) atoms. The Morgan fingerprint density at radius 2 is 1.83 bits per heavy atom. The SMILES string of the molecule is O=Cc1ccc(N(CCO)C2CCCCC2)cc1. The largest absolute Gasteiger partial charge is 0.395 e. The van der Waals surface area contributed by atoms with Crippen molar-refractivity contribution < 1.29 is 9.90 Å². The van der Waals surface area contributed by atoms with E-state index in [1.165, 1.54) is 32.1 Å². The van der Waals surface area contributed by atoms with Crippen LogP contribution in [0.15, 0.2) is 24.3 Å². The lowest BCUT2D eigenvalue weighted by Gasteiger charge is -2.35. The van der Waals surface area contributed by atoms with Gasteiger partial charge in [-0.2, -0.15) is 0 Å². The van der Waals surface area contributed by atoms with Crippen molar-refractivity contribution >= 4 is 12.0 Å². The minimum atomic E-state index is 0.173. The van der Waals surface area contributed by atoms with Crippen LogP contribution in [-0.4, -0.2) is 30.6 Å². The summed E-state index contributed by atoms with van der Waals surface area (Å²) in [6, 6.07) is 8.18. The maximum Gasteiger partial charge on any atom is 0.150 e. The molecule has 0 saturated heterocycles. The van der Waals surface area contributed by atoms with E-state index in [9.17, 15) is 9.90 Å². The number of rotatable bonds is 5. The smallest absolute Gasteiger partial charge is 0.150 e. The standard InChI is InChI=1S/C15H21NO2/c17-11-10-16(14-4-2-1-3-5-14)15-8-6-13(12-18)7-9-15/h6-9,12,14,17H,1-5,10-11H2. The first kappa shape index (κ1) is 13.1. The van der Waals surface area contributed by atoms with Crippen LogP contribution in [0.2, 0.25) is 0 Å². The molecule has 0 unspecified atom stereocenters. The summed E-state index contributed by atoms with van der Waals surface area (Å²) in [4.78, 5) is 12.9. The van der Waals surface area contributed by atoms with Crippen molar-refractivity contribution in [3.63, 3.8) is 0 Å². The monoisotopic (exact) mass is 247 g/mol. The number of aliphatic hydroxyl groups is 1. The Morgan fingerprint density at radius 1 is 1.17 bits per heavy atom. The van der Waals surface area contributed by atoms with Crippen molar-refractivity contribution in [3.8, 4) is 0 Å². The van der Waals surface area contributed by atoms with E-state index in [-0.39, 0.29) is 6.61 Å². The first-order chi connectivity index (χ1) is 8.85. The van der Waals surface area contributed by atoms with Crippen LogP contribution in [0, 0.1) is 0 Å². The zero-order valence-corrected chi connectivity index (χ0v) is 10.7. The van der Waals surface area contributed by atoms with Crippen LogP contribution in [0.1, 0.15) is 42.5 Å². The van der Waals surface area contributed by atoms with Crippen molar-refractivity contribution in [2.75, 3.05) is 18.1 Å². The number of carbonyl (C=O) groups excluding carboxylic acids is 1. The molecule has 0 heterocycles. The first-order valence-electron chi connectivity index (χ1n) is 6.78. The third-order valence-corrected chi connectivity index (χ3v) is 3.72. The fraction of sp³-hybridized carbons (Fsp3) is 0.533. The summed E-state index contributed by atoms with van der Waals surface area (Å²) in [5, 5.41) is 9.23. The van der Waals surface area contributed by atoms with Crippen molar-refractivity contribution in [1.82, 2.24) is 0 Å². The van der Waals surface area contributed by atoms with Gasteiger partial charge >= 0.3 is 0 Å². The second kappa shape index (κ2) is 6.55.